The van der Waals surface area contributed by atoms with E-state index in [2.05, 4.69) is 22.7 Å². The average molecular weight is 518 g/mol. The van der Waals surface area contributed by atoms with Crippen molar-refractivity contribution in [3.8, 4) is 5.75 Å². The molecule has 0 radical (unpaired) electrons. The van der Waals surface area contributed by atoms with Crippen molar-refractivity contribution in [2.45, 2.75) is 57.0 Å². The van der Waals surface area contributed by atoms with Gasteiger partial charge >= 0.3 is 0 Å². The molecule has 2 aliphatic carbocycles. The van der Waals surface area contributed by atoms with Crippen molar-refractivity contribution in [2.75, 3.05) is 19.5 Å². The summed E-state index contributed by atoms with van der Waals surface area (Å²) < 4.78 is 19.0. The topological polar surface area (TPSA) is 99.0 Å². The molecule has 1 aromatic carbocycles. The number of rotatable bonds is 8. The smallest absolute Gasteiger partial charge is 0.256 e. The van der Waals surface area contributed by atoms with Gasteiger partial charge in [-0.05, 0) is 56.2 Å². The Balaban J connectivity index is 1.29. The van der Waals surface area contributed by atoms with Crippen LogP contribution < -0.4 is 15.4 Å². The van der Waals surface area contributed by atoms with E-state index in [4.69, 9.17) is 19.2 Å². The maximum Gasteiger partial charge on any atom is 0.256 e. The SMILES string of the molecule is COC1=C(OC)CC2(C)N=CC=C(Oc3ccc(Nc4nn(C)cc4C(=O)NC4CCCCC4)cc3)C2=C1. The van der Waals surface area contributed by atoms with Crippen molar-refractivity contribution >= 4 is 23.6 Å². The van der Waals surface area contributed by atoms with E-state index in [1.54, 1.807) is 31.3 Å². The Bertz CT molecular complexity index is 1310. The van der Waals surface area contributed by atoms with Crippen LogP contribution in [-0.4, -0.2) is 47.7 Å². The van der Waals surface area contributed by atoms with Gasteiger partial charge in [-0.1, -0.05) is 19.3 Å². The number of dihydropyridines is 1. The van der Waals surface area contributed by atoms with Gasteiger partial charge in [-0.2, -0.15) is 5.10 Å². The van der Waals surface area contributed by atoms with Gasteiger partial charge in [0.1, 0.15) is 22.8 Å². The molecular formula is C29H35N5O4. The zero-order valence-electron chi connectivity index (χ0n) is 22.4. The summed E-state index contributed by atoms with van der Waals surface area (Å²) in [6, 6.07) is 7.81. The predicted octanol–water partition coefficient (Wildman–Crippen LogP) is 5.17. The molecule has 2 heterocycles. The number of fused-ring (bicyclic) bond motifs is 1. The Kier molecular flexibility index (Phi) is 7.26. The lowest BCUT2D eigenvalue weighted by atomic mass is 9.81. The summed E-state index contributed by atoms with van der Waals surface area (Å²) in [6.45, 7) is 2.05. The minimum Gasteiger partial charge on any atom is -0.497 e. The summed E-state index contributed by atoms with van der Waals surface area (Å²) in [6.07, 6.45) is 13.5. The van der Waals surface area contributed by atoms with Crippen LogP contribution in [0, 0.1) is 0 Å². The number of aliphatic imine (C=N–C) groups is 1. The highest BCUT2D eigenvalue weighted by Gasteiger charge is 2.39. The normalized spacial score (nSPS) is 21.3. The van der Waals surface area contributed by atoms with E-state index in [-0.39, 0.29) is 11.9 Å². The van der Waals surface area contributed by atoms with Crippen molar-refractivity contribution < 1.29 is 19.0 Å². The number of hydrogen-bond acceptors (Lipinski definition) is 7. The Morgan fingerprint density at radius 2 is 1.87 bits per heavy atom. The van der Waals surface area contributed by atoms with E-state index in [0.29, 0.717) is 35.1 Å². The lowest BCUT2D eigenvalue weighted by Crippen LogP contribution is -2.36. The van der Waals surface area contributed by atoms with Gasteiger partial charge < -0.3 is 24.8 Å². The molecule has 200 valence electrons. The molecule has 1 atom stereocenters. The van der Waals surface area contributed by atoms with E-state index in [0.717, 1.165) is 42.7 Å². The molecule has 1 aromatic heterocycles. The van der Waals surface area contributed by atoms with Crippen LogP contribution in [0.3, 0.4) is 0 Å². The van der Waals surface area contributed by atoms with Crippen molar-refractivity contribution in [1.82, 2.24) is 15.1 Å². The van der Waals surface area contributed by atoms with Gasteiger partial charge in [0.05, 0.1) is 19.8 Å². The molecule has 1 saturated carbocycles. The van der Waals surface area contributed by atoms with Gasteiger partial charge in [-0.3, -0.25) is 14.5 Å². The fourth-order valence-corrected chi connectivity index (χ4v) is 5.23. The number of nitrogens with one attached hydrogen (secondary N) is 2. The predicted molar refractivity (Wildman–Crippen MR) is 147 cm³/mol. The third-order valence-electron chi connectivity index (χ3n) is 7.31. The summed E-state index contributed by atoms with van der Waals surface area (Å²) in [4.78, 5) is 17.7. The molecule has 0 saturated heterocycles. The largest absolute Gasteiger partial charge is 0.497 e. The van der Waals surface area contributed by atoms with Crippen molar-refractivity contribution in [2.24, 2.45) is 12.0 Å². The molecule has 9 nitrogen and oxygen atoms in total. The minimum absolute atomic E-state index is 0.0942. The van der Waals surface area contributed by atoms with E-state index in [9.17, 15) is 4.79 Å². The minimum atomic E-state index is -0.494. The number of ether oxygens (including phenoxy) is 3. The van der Waals surface area contributed by atoms with Crippen LogP contribution in [0.2, 0.25) is 0 Å². The lowest BCUT2D eigenvalue weighted by Gasteiger charge is -2.35. The molecule has 0 spiro atoms. The second-order valence-electron chi connectivity index (χ2n) is 10.1. The molecule has 1 fully saturated rings. The lowest BCUT2D eigenvalue weighted by molar-refractivity contribution is 0.0928. The molecule has 3 aliphatic rings. The summed E-state index contributed by atoms with van der Waals surface area (Å²) in [5.41, 5.74) is 1.78. The number of benzene rings is 1. The number of amides is 1. The molecule has 2 aromatic rings. The first kappa shape index (κ1) is 25.6. The first-order valence-electron chi connectivity index (χ1n) is 13.1. The molecule has 2 N–H and O–H groups in total. The third-order valence-corrected chi connectivity index (χ3v) is 7.31. The molecule has 0 bridgehead atoms. The summed E-state index contributed by atoms with van der Waals surface area (Å²) in [7, 11) is 5.08. The fourth-order valence-electron chi connectivity index (χ4n) is 5.23. The van der Waals surface area contributed by atoms with Gasteiger partial charge in [0.2, 0.25) is 0 Å². The number of carbonyl (C=O) groups is 1. The quantitative estimate of drug-likeness (QED) is 0.502. The van der Waals surface area contributed by atoms with E-state index < -0.39 is 5.54 Å². The van der Waals surface area contributed by atoms with Crippen LogP contribution in [-0.2, 0) is 16.5 Å². The Hall–Kier alpha value is -4.01. The highest BCUT2D eigenvalue weighted by atomic mass is 16.5. The van der Waals surface area contributed by atoms with Crippen LogP contribution >= 0.6 is 0 Å². The second-order valence-corrected chi connectivity index (χ2v) is 10.1. The van der Waals surface area contributed by atoms with Crippen molar-refractivity contribution in [3.63, 3.8) is 0 Å². The number of allylic oxidation sites excluding steroid dienone is 2. The van der Waals surface area contributed by atoms with Crippen LogP contribution in [0.15, 0.2) is 70.5 Å². The number of carbonyl (C=O) groups excluding carboxylic acids is 1. The second kappa shape index (κ2) is 10.8. The number of anilines is 2. The fraction of sp³-hybridized carbons (Fsp3) is 0.414. The Morgan fingerprint density at radius 1 is 1.11 bits per heavy atom. The van der Waals surface area contributed by atoms with Gasteiger partial charge in [-0.15, -0.1) is 0 Å². The zero-order chi connectivity index (χ0) is 26.7. The van der Waals surface area contributed by atoms with E-state index in [1.165, 1.54) is 6.42 Å². The maximum atomic E-state index is 13.0. The Morgan fingerprint density at radius 3 is 2.58 bits per heavy atom. The molecule has 38 heavy (non-hydrogen) atoms. The Labute approximate surface area is 223 Å². The number of nitrogens with zero attached hydrogens (tertiary/aromatic N) is 3. The maximum absolute atomic E-state index is 13.0. The monoisotopic (exact) mass is 517 g/mol. The van der Waals surface area contributed by atoms with E-state index >= 15 is 0 Å². The molecule has 9 heteroatoms. The number of aryl methyl sites for hydroxylation is 1. The molecule has 5 rings (SSSR count). The van der Waals surface area contributed by atoms with Gasteiger partial charge in [0.25, 0.3) is 5.91 Å². The van der Waals surface area contributed by atoms with E-state index in [1.807, 2.05) is 43.5 Å². The highest BCUT2D eigenvalue weighted by molar-refractivity contribution is 5.99. The molecular weight excluding hydrogens is 482 g/mol. The highest BCUT2D eigenvalue weighted by Crippen LogP contribution is 2.41. The number of aromatic nitrogens is 2. The summed E-state index contributed by atoms with van der Waals surface area (Å²) in [5.74, 6) is 3.25. The molecule has 1 amide bonds. The van der Waals surface area contributed by atoms with Crippen LogP contribution in [0.25, 0.3) is 0 Å². The average Bonchev–Trinajstić information content (AvgIpc) is 3.29. The first-order valence-corrected chi connectivity index (χ1v) is 13.1. The summed E-state index contributed by atoms with van der Waals surface area (Å²) >= 11 is 0. The van der Waals surface area contributed by atoms with Crippen molar-refractivity contribution in [1.29, 1.82) is 0 Å². The van der Waals surface area contributed by atoms with Crippen molar-refractivity contribution in [3.05, 3.63) is 71.0 Å². The van der Waals surface area contributed by atoms with Gasteiger partial charge in [0.15, 0.2) is 11.6 Å². The van der Waals surface area contributed by atoms with Gasteiger partial charge in [0, 0.05) is 43.2 Å². The third kappa shape index (κ3) is 5.32. The standard InChI is InChI=1S/C29H35N5O4/c1-29-17-26(37-4)25(36-3)16-23(29)24(14-15-30-29)38-21-12-10-20(11-13-21)31-27-22(18-34(2)33-27)28(35)32-19-8-6-5-7-9-19/h10-16,18-19H,5-9,17H2,1-4H3,(H,31,33)(H,32,35). The number of methoxy groups -OCH3 is 2. The molecule has 1 unspecified atom stereocenters. The van der Waals surface area contributed by atoms with Gasteiger partial charge in [-0.25, -0.2) is 0 Å². The zero-order valence-corrected chi connectivity index (χ0v) is 22.4. The van der Waals surface area contributed by atoms with Crippen LogP contribution in [0.5, 0.6) is 5.75 Å². The first-order chi connectivity index (χ1) is 18.4. The summed E-state index contributed by atoms with van der Waals surface area (Å²) in [5, 5.41) is 10.9. The van der Waals surface area contributed by atoms with Crippen LogP contribution in [0.4, 0.5) is 11.5 Å². The molecule has 1 aliphatic heterocycles. The van der Waals surface area contributed by atoms with Crippen LogP contribution in [0.1, 0.15) is 55.8 Å². The number of hydrogen-bond donors (Lipinski definition) is 2.